The maximum atomic E-state index is 9.97. The second-order valence-electron chi connectivity index (χ2n) is 6.53. The largest absolute Gasteiger partial charge is 0.391 e. The number of rotatable bonds is 2. The molecule has 0 saturated carbocycles. The van der Waals surface area contributed by atoms with Gasteiger partial charge in [0.25, 0.3) is 0 Å². The van der Waals surface area contributed by atoms with E-state index in [0.29, 0.717) is 5.41 Å². The Morgan fingerprint density at radius 1 is 1.36 bits per heavy atom. The molecule has 14 heavy (non-hydrogen) atoms. The zero-order valence-electron chi connectivity index (χ0n) is 10.3. The van der Waals surface area contributed by atoms with Crippen LogP contribution in [0.15, 0.2) is 0 Å². The summed E-state index contributed by atoms with van der Waals surface area (Å²) >= 11 is 0. The minimum Gasteiger partial charge on any atom is -0.391 e. The van der Waals surface area contributed by atoms with Gasteiger partial charge in [-0.25, -0.2) is 0 Å². The average Bonchev–Trinajstić information content (AvgIpc) is 2.28. The topological polar surface area (TPSA) is 23.5 Å². The first-order chi connectivity index (χ1) is 6.21. The fourth-order valence-electron chi connectivity index (χ4n) is 1.90. The molecule has 0 amide bonds. The Labute approximate surface area is 88.3 Å². The molecule has 1 unspecified atom stereocenters. The third kappa shape index (κ3) is 3.25. The monoisotopic (exact) mass is 199 g/mol. The summed E-state index contributed by atoms with van der Waals surface area (Å²) in [5, 5.41) is 9.97. The molecule has 1 N–H and O–H groups in total. The zero-order valence-corrected chi connectivity index (χ0v) is 10.3. The number of aliphatic hydroxyl groups excluding tert-OH is 1. The van der Waals surface area contributed by atoms with Crippen LogP contribution >= 0.6 is 0 Å². The lowest BCUT2D eigenvalue weighted by Gasteiger charge is -2.30. The Morgan fingerprint density at radius 2 is 1.93 bits per heavy atom. The van der Waals surface area contributed by atoms with Crippen molar-refractivity contribution in [3.63, 3.8) is 0 Å². The highest BCUT2D eigenvalue weighted by Crippen LogP contribution is 2.30. The minimum absolute atomic E-state index is 0.00668. The van der Waals surface area contributed by atoms with Crippen molar-refractivity contribution < 1.29 is 5.11 Å². The first-order valence-electron chi connectivity index (χ1n) is 5.61. The molecule has 1 heterocycles. The molecule has 84 valence electrons. The van der Waals surface area contributed by atoms with E-state index in [0.717, 1.165) is 19.6 Å². The van der Waals surface area contributed by atoms with Crippen LogP contribution in [-0.2, 0) is 0 Å². The van der Waals surface area contributed by atoms with Crippen LogP contribution in [0, 0.1) is 10.8 Å². The highest BCUT2D eigenvalue weighted by atomic mass is 16.3. The molecule has 0 spiro atoms. The van der Waals surface area contributed by atoms with E-state index in [1.54, 1.807) is 0 Å². The van der Waals surface area contributed by atoms with Crippen LogP contribution in [0.5, 0.6) is 0 Å². The van der Waals surface area contributed by atoms with Crippen molar-refractivity contribution in [3.8, 4) is 0 Å². The molecule has 1 aliphatic heterocycles. The van der Waals surface area contributed by atoms with Crippen molar-refractivity contribution >= 4 is 0 Å². The smallest absolute Gasteiger partial charge is 0.0715 e. The maximum absolute atomic E-state index is 9.97. The van der Waals surface area contributed by atoms with E-state index >= 15 is 0 Å². The molecule has 1 saturated heterocycles. The predicted molar refractivity (Wildman–Crippen MR) is 60.3 cm³/mol. The van der Waals surface area contributed by atoms with Gasteiger partial charge >= 0.3 is 0 Å². The summed E-state index contributed by atoms with van der Waals surface area (Å²) < 4.78 is 0. The third-order valence-corrected chi connectivity index (χ3v) is 3.19. The maximum Gasteiger partial charge on any atom is 0.0715 e. The molecule has 2 heteroatoms. The van der Waals surface area contributed by atoms with Crippen molar-refractivity contribution in [1.29, 1.82) is 0 Å². The molecular formula is C12H25NO. The van der Waals surface area contributed by atoms with E-state index in [-0.39, 0.29) is 11.5 Å². The van der Waals surface area contributed by atoms with Crippen molar-refractivity contribution in [2.24, 2.45) is 10.8 Å². The fraction of sp³-hybridized carbons (Fsp3) is 1.00. The Hall–Kier alpha value is -0.0800. The Balaban J connectivity index is 2.40. The van der Waals surface area contributed by atoms with E-state index in [4.69, 9.17) is 0 Å². The molecule has 0 aromatic heterocycles. The van der Waals surface area contributed by atoms with Crippen LogP contribution in [0.3, 0.4) is 0 Å². The van der Waals surface area contributed by atoms with Crippen molar-refractivity contribution in [3.05, 3.63) is 0 Å². The van der Waals surface area contributed by atoms with Crippen LogP contribution in [0.1, 0.15) is 41.0 Å². The van der Waals surface area contributed by atoms with Gasteiger partial charge in [-0.05, 0) is 23.8 Å². The standard InChI is InChI=1S/C12H25NO/c1-11(2,3)10(14)8-13-7-6-12(4,5)9-13/h10,14H,6-9H2,1-5H3. The minimum atomic E-state index is -0.212. The highest BCUT2D eigenvalue weighted by molar-refractivity contribution is 4.85. The molecule has 2 nitrogen and oxygen atoms in total. The van der Waals surface area contributed by atoms with Gasteiger partial charge < -0.3 is 10.0 Å². The third-order valence-electron chi connectivity index (χ3n) is 3.19. The number of nitrogens with zero attached hydrogens (tertiary/aromatic N) is 1. The van der Waals surface area contributed by atoms with Crippen molar-refractivity contribution in [1.82, 2.24) is 4.90 Å². The molecule has 1 rings (SSSR count). The molecular weight excluding hydrogens is 174 g/mol. The molecule has 0 aromatic carbocycles. The van der Waals surface area contributed by atoms with Crippen molar-refractivity contribution in [2.45, 2.75) is 47.1 Å². The lowest BCUT2D eigenvalue weighted by atomic mass is 9.89. The first kappa shape index (κ1) is 12.0. The number of hydrogen-bond donors (Lipinski definition) is 1. The quantitative estimate of drug-likeness (QED) is 0.736. The Bertz CT molecular complexity index is 193. The number of likely N-dealkylation sites (tertiary alicyclic amines) is 1. The van der Waals surface area contributed by atoms with E-state index in [1.165, 1.54) is 6.42 Å². The number of β-amino-alcohol motifs (C(OH)–C–C–N with tert-alkyl or cyclic N) is 1. The second kappa shape index (κ2) is 3.82. The van der Waals surface area contributed by atoms with Gasteiger partial charge in [-0.2, -0.15) is 0 Å². The van der Waals surface area contributed by atoms with Gasteiger partial charge in [0.1, 0.15) is 0 Å². The van der Waals surface area contributed by atoms with Gasteiger partial charge in [-0.3, -0.25) is 0 Å². The molecule has 1 aliphatic rings. The lowest BCUT2D eigenvalue weighted by Crippen LogP contribution is -2.39. The van der Waals surface area contributed by atoms with Crippen LogP contribution in [-0.4, -0.2) is 35.7 Å². The summed E-state index contributed by atoms with van der Waals surface area (Å²) in [5.41, 5.74) is 0.449. The Morgan fingerprint density at radius 3 is 2.29 bits per heavy atom. The molecule has 0 radical (unpaired) electrons. The van der Waals surface area contributed by atoms with Crippen molar-refractivity contribution in [2.75, 3.05) is 19.6 Å². The van der Waals surface area contributed by atoms with E-state index in [1.807, 2.05) is 0 Å². The fourth-order valence-corrected chi connectivity index (χ4v) is 1.90. The van der Waals surface area contributed by atoms with E-state index in [9.17, 15) is 5.11 Å². The van der Waals surface area contributed by atoms with Crippen LogP contribution < -0.4 is 0 Å². The lowest BCUT2D eigenvalue weighted by molar-refractivity contribution is 0.0324. The molecule has 1 fully saturated rings. The summed E-state index contributed by atoms with van der Waals surface area (Å²) in [6.07, 6.45) is 1.04. The normalized spacial score (nSPS) is 25.3. The highest BCUT2D eigenvalue weighted by Gasteiger charge is 2.32. The predicted octanol–water partition coefficient (Wildman–Crippen LogP) is 2.13. The van der Waals surface area contributed by atoms with Gasteiger partial charge in [0, 0.05) is 13.1 Å². The van der Waals surface area contributed by atoms with Gasteiger partial charge in [0.05, 0.1) is 6.10 Å². The summed E-state index contributed by atoms with van der Waals surface area (Å²) in [7, 11) is 0. The number of aliphatic hydroxyl groups is 1. The zero-order chi connectivity index (χ0) is 11.0. The van der Waals surface area contributed by atoms with Crippen LogP contribution in [0.4, 0.5) is 0 Å². The van der Waals surface area contributed by atoms with Gasteiger partial charge in [0.15, 0.2) is 0 Å². The summed E-state index contributed by atoms with van der Waals surface area (Å²) in [5.74, 6) is 0. The second-order valence-corrected chi connectivity index (χ2v) is 6.53. The van der Waals surface area contributed by atoms with Gasteiger partial charge in [-0.1, -0.05) is 34.6 Å². The molecule has 0 aromatic rings. The SMILES string of the molecule is CC1(C)CCN(CC(O)C(C)(C)C)C1. The summed E-state index contributed by atoms with van der Waals surface area (Å²) in [6, 6.07) is 0. The molecule has 1 atom stereocenters. The number of hydrogen-bond acceptors (Lipinski definition) is 2. The molecule has 0 bridgehead atoms. The van der Waals surface area contributed by atoms with E-state index in [2.05, 4.69) is 39.5 Å². The van der Waals surface area contributed by atoms with Crippen LogP contribution in [0.25, 0.3) is 0 Å². The first-order valence-corrected chi connectivity index (χ1v) is 5.61. The van der Waals surface area contributed by atoms with E-state index < -0.39 is 0 Å². The summed E-state index contributed by atoms with van der Waals surface area (Å²) in [4.78, 5) is 2.38. The molecule has 0 aliphatic carbocycles. The van der Waals surface area contributed by atoms with Gasteiger partial charge in [-0.15, -0.1) is 0 Å². The van der Waals surface area contributed by atoms with Crippen LogP contribution in [0.2, 0.25) is 0 Å². The average molecular weight is 199 g/mol. The summed E-state index contributed by atoms with van der Waals surface area (Å²) in [6.45, 7) is 14.0. The Kier molecular flexibility index (Phi) is 3.27. The van der Waals surface area contributed by atoms with Gasteiger partial charge in [0.2, 0.25) is 0 Å².